The van der Waals surface area contributed by atoms with E-state index in [-0.39, 0.29) is 6.04 Å². The topological polar surface area (TPSA) is 12.0 Å². The van der Waals surface area contributed by atoms with E-state index >= 15 is 0 Å². The zero-order valence-corrected chi connectivity index (χ0v) is 12.5. The molecule has 0 aliphatic heterocycles. The average molecular weight is 334 g/mol. The van der Waals surface area contributed by atoms with Crippen LogP contribution in [0.5, 0.6) is 0 Å². The van der Waals surface area contributed by atoms with Gasteiger partial charge in [-0.2, -0.15) is 13.2 Å². The summed E-state index contributed by atoms with van der Waals surface area (Å²) >= 11 is 11.8. The van der Waals surface area contributed by atoms with Crippen molar-refractivity contribution in [3.05, 3.63) is 63.6 Å². The van der Waals surface area contributed by atoms with Gasteiger partial charge < -0.3 is 5.32 Å². The summed E-state index contributed by atoms with van der Waals surface area (Å²) < 4.78 is 38.1. The number of benzene rings is 2. The Labute approximate surface area is 130 Å². The van der Waals surface area contributed by atoms with Crippen molar-refractivity contribution in [3.8, 4) is 0 Å². The molecule has 1 unspecified atom stereocenters. The number of hydrogen-bond acceptors (Lipinski definition) is 1. The molecule has 0 bridgehead atoms. The molecule has 2 aromatic rings. The number of rotatable bonds is 3. The van der Waals surface area contributed by atoms with Crippen LogP contribution in [0, 0.1) is 0 Å². The molecular weight excluding hydrogens is 322 g/mol. The monoisotopic (exact) mass is 333 g/mol. The van der Waals surface area contributed by atoms with E-state index in [1.165, 1.54) is 6.07 Å². The number of hydrogen-bond donors (Lipinski definition) is 1. The summed E-state index contributed by atoms with van der Waals surface area (Å²) in [5, 5.41) is 3.99. The number of alkyl halides is 3. The largest absolute Gasteiger partial charge is 0.416 e. The first-order chi connectivity index (χ1) is 9.77. The average Bonchev–Trinajstić information content (AvgIpc) is 2.41. The third-order valence-corrected chi connectivity index (χ3v) is 3.56. The molecule has 0 aliphatic rings. The first kappa shape index (κ1) is 16.0. The summed E-state index contributed by atoms with van der Waals surface area (Å²) in [4.78, 5) is 0. The van der Waals surface area contributed by atoms with E-state index in [0.29, 0.717) is 21.3 Å². The molecule has 0 aromatic heterocycles. The fourth-order valence-electron chi connectivity index (χ4n) is 1.91. The van der Waals surface area contributed by atoms with E-state index in [9.17, 15) is 13.2 Å². The maximum Gasteiger partial charge on any atom is 0.416 e. The van der Waals surface area contributed by atoms with E-state index in [1.807, 2.05) is 0 Å². The van der Waals surface area contributed by atoms with Crippen molar-refractivity contribution in [2.75, 3.05) is 5.32 Å². The van der Waals surface area contributed by atoms with Crippen LogP contribution in [0.2, 0.25) is 10.0 Å². The Kier molecular flexibility index (Phi) is 4.69. The zero-order valence-electron chi connectivity index (χ0n) is 11.0. The Morgan fingerprint density at radius 1 is 1.05 bits per heavy atom. The van der Waals surface area contributed by atoms with Crippen molar-refractivity contribution in [2.45, 2.75) is 19.1 Å². The lowest BCUT2D eigenvalue weighted by molar-refractivity contribution is -0.137. The molecule has 1 nitrogen and oxygen atoms in total. The van der Waals surface area contributed by atoms with Gasteiger partial charge in [-0.15, -0.1) is 0 Å². The highest BCUT2D eigenvalue weighted by molar-refractivity contribution is 6.36. The molecule has 1 N–H and O–H groups in total. The van der Waals surface area contributed by atoms with E-state index in [4.69, 9.17) is 23.2 Å². The molecule has 0 fully saturated rings. The van der Waals surface area contributed by atoms with Crippen LogP contribution in [0.4, 0.5) is 18.9 Å². The van der Waals surface area contributed by atoms with Crippen molar-refractivity contribution >= 4 is 28.9 Å². The predicted octanol–water partition coefficient (Wildman–Crippen LogP) is 6.19. The molecule has 0 aliphatic carbocycles. The maximum absolute atomic E-state index is 12.7. The Hall–Kier alpha value is -1.39. The normalized spacial score (nSPS) is 13.0. The van der Waals surface area contributed by atoms with Gasteiger partial charge in [-0.1, -0.05) is 35.3 Å². The van der Waals surface area contributed by atoms with Crippen molar-refractivity contribution in [1.29, 1.82) is 0 Å². The highest BCUT2D eigenvalue weighted by Crippen LogP contribution is 2.32. The lowest BCUT2D eigenvalue weighted by atomic mass is 10.0. The van der Waals surface area contributed by atoms with E-state index < -0.39 is 11.7 Å². The zero-order chi connectivity index (χ0) is 15.6. The molecule has 112 valence electrons. The second-order valence-electron chi connectivity index (χ2n) is 4.61. The second kappa shape index (κ2) is 6.16. The lowest BCUT2D eigenvalue weighted by Crippen LogP contribution is -2.10. The molecule has 0 radical (unpaired) electrons. The summed E-state index contributed by atoms with van der Waals surface area (Å²) in [6, 6.07) is 9.79. The van der Waals surface area contributed by atoms with Gasteiger partial charge in [-0.3, -0.25) is 0 Å². The highest BCUT2D eigenvalue weighted by atomic mass is 35.5. The molecule has 2 aromatic carbocycles. The third kappa shape index (κ3) is 4.05. The van der Waals surface area contributed by atoms with E-state index in [1.54, 1.807) is 31.2 Å². The number of halogens is 5. The third-order valence-electron chi connectivity index (χ3n) is 3.02. The molecule has 21 heavy (non-hydrogen) atoms. The van der Waals surface area contributed by atoms with Gasteiger partial charge in [0.2, 0.25) is 0 Å². The van der Waals surface area contributed by atoms with Crippen LogP contribution in [-0.2, 0) is 6.18 Å². The maximum atomic E-state index is 12.7. The van der Waals surface area contributed by atoms with Crippen molar-refractivity contribution < 1.29 is 13.2 Å². The Bertz CT molecular complexity index is 641. The molecule has 0 heterocycles. The molecule has 0 spiro atoms. The minimum Gasteiger partial charge on any atom is -0.377 e. The van der Waals surface area contributed by atoms with Crippen LogP contribution in [0.3, 0.4) is 0 Å². The van der Waals surface area contributed by atoms with Crippen molar-refractivity contribution in [3.63, 3.8) is 0 Å². The van der Waals surface area contributed by atoms with Gasteiger partial charge in [0.05, 0.1) is 16.3 Å². The van der Waals surface area contributed by atoms with Crippen LogP contribution >= 0.6 is 23.2 Å². The Morgan fingerprint density at radius 2 is 1.76 bits per heavy atom. The van der Waals surface area contributed by atoms with Gasteiger partial charge in [-0.25, -0.2) is 0 Å². The van der Waals surface area contributed by atoms with Gasteiger partial charge in [0.15, 0.2) is 0 Å². The quantitative estimate of drug-likeness (QED) is 0.706. The van der Waals surface area contributed by atoms with Crippen molar-refractivity contribution in [1.82, 2.24) is 0 Å². The minimum absolute atomic E-state index is 0.328. The Morgan fingerprint density at radius 3 is 2.38 bits per heavy atom. The number of anilines is 1. The van der Waals surface area contributed by atoms with Crippen molar-refractivity contribution in [2.24, 2.45) is 0 Å². The van der Waals surface area contributed by atoms with Gasteiger partial charge in [0, 0.05) is 11.1 Å². The number of nitrogens with one attached hydrogen (secondary N) is 1. The lowest BCUT2D eigenvalue weighted by Gasteiger charge is -2.18. The van der Waals surface area contributed by atoms with Crippen LogP contribution in [0.1, 0.15) is 24.1 Å². The van der Waals surface area contributed by atoms with Gasteiger partial charge in [0.1, 0.15) is 0 Å². The summed E-state index contributed by atoms with van der Waals surface area (Å²) in [6.45, 7) is 1.76. The molecule has 0 saturated heterocycles. The van der Waals surface area contributed by atoms with Gasteiger partial charge >= 0.3 is 6.18 Å². The van der Waals surface area contributed by atoms with Crippen LogP contribution in [-0.4, -0.2) is 0 Å². The highest BCUT2D eigenvalue weighted by Gasteiger charge is 2.30. The van der Waals surface area contributed by atoms with Crippen LogP contribution < -0.4 is 5.32 Å². The van der Waals surface area contributed by atoms with Crippen LogP contribution in [0.25, 0.3) is 0 Å². The molecule has 6 heteroatoms. The molecule has 1 atom stereocenters. The minimum atomic E-state index is -4.35. The first-order valence-electron chi connectivity index (χ1n) is 6.16. The molecule has 0 saturated carbocycles. The fourth-order valence-corrected chi connectivity index (χ4v) is 2.37. The summed E-state index contributed by atoms with van der Waals surface area (Å²) in [7, 11) is 0. The SMILES string of the molecule is CC(Nc1ccc(Cl)cc1Cl)c1cccc(C(F)(F)F)c1. The summed E-state index contributed by atoms with van der Waals surface area (Å²) in [6.07, 6.45) is -4.35. The van der Waals surface area contributed by atoms with Crippen LogP contribution in [0.15, 0.2) is 42.5 Å². The fraction of sp³-hybridized carbons (Fsp3) is 0.200. The van der Waals surface area contributed by atoms with E-state index in [0.717, 1.165) is 12.1 Å². The van der Waals surface area contributed by atoms with Gasteiger partial charge in [0.25, 0.3) is 0 Å². The second-order valence-corrected chi connectivity index (χ2v) is 5.46. The van der Waals surface area contributed by atoms with E-state index in [2.05, 4.69) is 5.32 Å². The first-order valence-corrected chi connectivity index (χ1v) is 6.91. The molecular formula is C15H12Cl2F3N. The summed E-state index contributed by atoms with van der Waals surface area (Å²) in [5.74, 6) is 0. The molecule has 2 rings (SSSR count). The van der Waals surface area contributed by atoms with Gasteiger partial charge in [-0.05, 0) is 42.8 Å². The standard InChI is InChI=1S/C15H12Cl2F3N/c1-9(21-14-6-5-12(16)8-13(14)17)10-3-2-4-11(7-10)15(18,19)20/h2-9,21H,1H3. The Balaban J connectivity index is 2.22. The summed E-state index contributed by atoms with van der Waals surface area (Å²) in [5.41, 5.74) is 0.470. The molecule has 0 amide bonds. The predicted molar refractivity (Wildman–Crippen MR) is 79.9 cm³/mol. The smallest absolute Gasteiger partial charge is 0.377 e.